The minimum Gasteiger partial charge on any atom is -0.405 e. The Morgan fingerprint density at radius 3 is 2.81 bits per heavy atom. The van der Waals surface area contributed by atoms with Crippen LogP contribution in [0.25, 0.3) is 0 Å². The van der Waals surface area contributed by atoms with Gasteiger partial charge in [-0.2, -0.15) is 5.10 Å². The number of nitrogens with one attached hydrogen (secondary N) is 1. The standard InChI is InChI=1S/C11H8BrF3N4OS/c12-7-2-1-6(3-8(7)20-11(13,14)15)4-17-19-10-18-9(16)5-21-10/h1-5H,16H2,(H,18,19). The number of hydrogen-bond acceptors (Lipinski definition) is 6. The summed E-state index contributed by atoms with van der Waals surface area (Å²) in [4.78, 5) is 3.91. The quantitative estimate of drug-likeness (QED) is 0.624. The number of hydrogen-bond donors (Lipinski definition) is 2. The predicted octanol–water partition coefficient (Wildman–Crippen LogP) is 3.83. The van der Waals surface area contributed by atoms with E-state index in [0.29, 0.717) is 16.5 Å². The van der Waals surface area contributed by atoms with E-state index >= 15 is 0 Å². The van der Waals surface area contributed by atoms with Gasteiger partial charge in [-0.05, 0) is 33.6 Å². The number of nitrogen functional groups attached to an aromatic ring is 1. The third-order valence-corrected chi connectivity index (χ3v) is 3.50. The largest absolute Gasteiger partial charge is 0.573 e. The Balaban J connectivity index is 2.08. The zero-order chi connectivity index (χ0) is 15.5. The molecule has 10 heteroatoms. The van der Waals surface area contributed by atoms with Crippen LogP contribution in [-0.2, 0) is 0 Å². The van der Waals surface area contributed by atoms with E-state index in [4.69, 9.17) is 5.73 Å². The monoisotopic (exact) mass is 380 g/mol. The normalized spacial score (nSPS) is 11.8. The van der Waals surface area contributed by atoms with E-state index in [1.165, 1.54) is 29.7 Å². The molecule has 21 heavy (non-hydrogen) atoms. The number of benzene rings is 1. The fraction of sp³-hybridized carbons (Fsp3) is 0.0909. The summed E-state index contributed by atoms with van der Waals surface area (Å²) in [5.41, 5.74) is 8.48. The highest BCUT2D eigenvalue weighted by atomic mass is 79.9. The van der Waals surface area contributed by atoms with Crippen LogP contribution in [0.15, 0.2) is 33.2 Å². The van der Waals surface area contributed by atoms with E-state index in [1.807, 2.05) is 0 Å². The summed E-state index contributed by atoms with van der Waals surface area (Å²) in [6, 6.07) is 4.22. The molecule has 1 heterocycles. The summed E-state index contributed by atoms with van der Waals surface area (Å²) in [6.07, 6.45) is -3.41. The molecule has 3 N–H and O–H groups in total. The molecule has 0 amide bonds. The molecule has 1 aromatic heterocycles. The van der Waals surface area contributed by atoms with Crippen molar-refractivity contribution in [2.45, 2.75) is 6.36 Å². The maximum absolute atomic E-state index is 12.2. The number of aromatic nitrogens is 1. The molecule has 1 aromatic carbocycles. The Morgan fingerprint density at radius 2 is 2.19 bits per heavy atom. The first-order valence-corrected chi connectivity index (χ1v) is 7.06. The van der Waals surface area contributed by atoms with Gasteiger partial charge in [0.05, 0.1) is 10.7 Å². The maximum Gasteiger partial charge on any atom is 0.573 e. The van der Waals surface area contributed by atoms with Gasteiger partial charge in [0.2, 0.25) is 5.13 Å². The second-order valence-corrected chi connectivity index (χ2v) is 5.40. The summed E-state index contributed by atoms with van der Waals surface area (Å²) >= 11 is 4.24. The SMILES string of the molecule is Nc1csc(NN=Cc2ccc(Br)c(OC(F)(F)F)c2)n1. The van der Waals surface area contributed by atoms with Gasteiger partial charge < -0.3 is 10.5 Å². The molecular formula is C11H8BrF3N4OS. The summed E-state index contributed by atoms with van der Waals surface area (Å²) in [6.45, 7) is 0. The van der Waals surface area contributed by atoms with Crippen LogP contribution in [0.1, 0.15) is 5.56 Å². The number of ether oxygens (including phenoxy) is 1. The molecular weight excluding hydrogens is 373 g/mol. The molecule has 0 atom stereocenters. The van der Waals surface area contributed by atoms with Gasteiger partial charge in [-0.15, -0.1) is 24.5 Å². The third-order valence-electron chi connectivity index (χ3n) is 2.08. The minimum atomic E-state index is -4.76. The van der Waals surface area contributed by atoms with Crippen molar-refractivity contribution in [3.05, 3.63) is 33.6 Å². The zero-order valence-corrected chi connectivity index (χ0v) is 12.6. The summed E-state index contributed by atoms with van der Waals surface area (Å²) in [7, 11) is 0. The van der Waals surface area contributed by atoms with Crippen LogP contribution in [-0.4, -0.2) is 17.6 Å². The first kappa shape index (κ1) is 15.6. The van der Waals surface area contributed by atoms with Gasteiger partial charge in [0.1, 0.15) is 11.6 Å². The van der Waals surface area contributed by atoms with Gasteiger partial charge in [-0.3, -0.25) is 5.43 Å². The zero-order valence-electron chi connectivity index (χ0n) is 10.2. The van der Waals surface area contributed by atoms with E-state index in [0.717, 1.165) is 0 Å². The van der Waals surface area contributed by atoms with Crippen LogP contribution < -0.4 is 15.9 Å². The highest BCUT2D eigenvalue weighted by Crippen LogP contribution is 2.30. The van der Waals surface area contributed by atoms with Crippen LogP contribution in [0.4, 0.5) is 24.1 Å². The van der Waals surface area contributed by atoms with Crippen molar-refractivity contribution in [2.75, 3.05) is 11.2 Å². The third kappa shape index (κ3) is 4.90. The fourth-order valence-electron chi connectivity index (χ4n) is 1.30. The van der Waals surface area contributed by atoms with Crippen molar-refractivity contribution in [2.24, 2.45) is 5.10 Å². The number of hydrazone groups is 1. The number of anilines is 2. The number of halogens is 4. The van der Waals surface area contributed by atoms with Gasteiger partial charge in [0.15, 0.2) is 0 Å². The second-order valence-electron chi connectivity index (χ2n) is 3.69. The molecule has 2 aromatic rings. The predicted molar refractivity (Wildman–Crippen MR) is 78.6 cm³/mol. The van der Waals surface area contributed by atoms with Gasteiger partial charge in [0, 0.05) is 5.38 Å². The van der Waals surface area contributed by atoms with E-state index in [-0.39, 0.29) is 10.2 Å². The van der Waals surface area contributed by atoms with Gasteiger partial charge >= 0.3 is 6.36 Å². The highest BCUT2D eigenvalue weighted by Gasteiger charge is 2.31. The number of nitrogens with two attached hydrogens (primary N) is 1. The number of nitrogens with zero attached hydrogens (tertiary/aromatic N) is 2. The van der Waals surface area contributed by atoms with Crippen LogP contribution in [0, 0.1) is 0 Å². The highest BCUT2D eigenvalue weighted by molar-refractivity contribution is 9.10. The molecule has 5 nitrogen and oxygen atoms in total. The first-order chi connectivity index (χ1) is 9.83. The van der Waals surface area contributed by atoms with Crippen molar-refractivity contribution in [3.8, 4) is 5.75 Å². The van der Waals surface area contributed by atoms with Crippen molar-refractivity contribution in [1.82, 2.24) is 4.98 Å². The van der Waals surface area contributed by atoms with E-state index in [9.17, 15) is 13.2 Å². The Bertz CT molecular complexity index is 659. The Kier molecular flexibility index (Phi) is 4.68. The molecule has 0 saturated carbocycles. The fourth-order valence-corrected chi connectivity index (χ4v) is 2.18. The second kappa shape index (κ2) is 6.31. The molecule has 0 spiro atoms. The molecule has 0 aliphatic rings. The topological polar surface area (TPSA) is 72.5 Å². The average molecular weight is 381 g/mol. The van der Waals surface area contributed by atoms with Gasteiger partial charge in [-0.25, -0.2) is 4.98 Å². The van der Waals surface area contributed by atoms with Crippen molar-refractivity contribution >= 4 is 44.4 Å². The maximum atomic E-state index is 12.2. The first-order valence-electron chi connectivity index (χ1n) is 5.39. The lowest BCUT2D eigenvalue weighted by atomic mass is 10.2. The molecule has 0 aliphatic heterocycles. The number of thiazole rings is 1. The van der Waals surface area contributed by atoms with E-state index in [2.05, 4.69) is 36.2 Å². The Morgan fingerprint density at radius 1 is 1.43 bits per heavy atom. The number of rotatable bonds is 4. The van der Waals surface area contributed by atoms with Crippen molar-refractivity contribution in [1.29, 1.82) is 0 Å². The van der Waals surface area contributed by atoms with Gasteiger partial charge in [-0.1, -0.05) is 6.07 Å². The van der Waals surface area contributed by atoms with Gasteiger partial charge in [0.25, 0.3) is 0 Å². The molecule has 0 radical (unpaired) electrons. The number of alkyl halides is 3. The minimum absolute atomic E-state index is 0.192. The molecule has 112 valence electrons. The lowest BCUT2D eigenvalue weighted by Gasteiger charge is -2.10. The van der Waals surface area contributed by atoms with Crippen molar-refractivity contribution in [3.63, 3.8) is 0 Å². The molecule has 0 bridgehead atoms. The molecule has 0 saturated heterocycles. The molecule has 0 fully saturated rings. The average Bonchev–Trinajstić information content (AvgIpc) is 2.77. The molecule has 2 rings (SSSR count). The van der Waals surface area contributed by atoms with Crippen LogP contribution in [0.2, 0.25) is 0 Å². The van der Waals surface area contributed by atoms with Crippen molar-refractivity contribution < 1.29 is 17.9 Å². The smallest absolute Gasteiger partial charge is 0.405 e. The van der Waals surface area contributed by atoms with E-state index < -0.39 is 6.36 Å². The lowest BCUT2D eigenvalue weighted by molar-refractivity contribution is -0.274. The van der Waals surface area contributed by atoms with Crippen LogP contribution in [0.3, 0.4) is 0 Å². The molecule has 0 unspecified atom stereocenters. The van der Waals surface area contributed by atoms with Crippen LogP contribution in [0.5, 0.6) is 5.75 Å². The Hall–Kier alpha value is -1.81. The van der Waals surface area contributed by atoms with E-state index in [1.54, 1.807) is 11.4 Å². The summed E-state index contributed by atoms with van der Waals surface area (Å²) < 4.78 is 40.7. The summed E-state index contributed by atoms with van der Waals surface area (Å²) in [5.74, 6) is 0.0205. The Labute approximate surface area is 129 Å². The molecule has 0 aliphatic carbocycles. The summed E-state index contributed by atoms with van der Waals surface area (Å²) in [5, 5.41) is 5.97. The lowest BCUT2D eigenvalue weighted by Crippen LogP contribution is -2.17. The van der Waals surface area contributed by atoms with Crippen LogP contribution >= 0.6 is 27.3 Å².